The van der Waals surface area contributed by atoms with E-state index in [4.69, 9.17) is 0 Å². The molecule has 4 aromatic rings. The summed E-state index contributed by atoms with van der Waals surface area (Å²) in [5, 5.41) is 20.4. The number of hydrogen-bond donors (Lipinski definition) is 1. The van der Waals surface area contributed by atoms with Crippen LogP contribution in [0.15, 0.2) is 66.7 Å². The second-order valence-corrected chi connectivity index (χ2v) is 8.18. The zero-order valence-corrected chi connectivity index (χ0v) is 17.5. The predicted molar refractivity (Wildman–Crippen MR) is 118 cm³/mol. The summed E-state index contributed by atoms with van der Waals surface area (Å²) in [5.74, 6) is 0.284. The number of phenolic OH excluding ortho intramolecular Hbond substituents is 1. The predicted octanol–water partition coefficient (Wildman–Crippen LogP) is 4.97. The van der Waals surface area contributed by atoms with Crippen LogP contribution in [0.25, 0.3) is 16.7 Å². The Morgan fingerprint density at radius 3 is 2.17 bits per heavy atom. The van der Waals surface area contributed by atoms with Crippen LogP contribution in [-0.2, 0) is 16.6 Å². The molecule has 0 aliphatic heterocycles. The average molecular weight is 399 g/mol. The molecule has 1 N–H and O–H groups in total. The van der Waals surface area contributed by atoms with Gasteiger partial charge in [-0.25, -0.2) is 0 Å². The van der Waals surface area contributed by atoms with E-state index in [9.17, 15) is 9.90 Å². The first-order valence-electron chi connectivity index (χ1n) is 10.1. The molecular weight excluding hydrogens is 374 g/mol. The minimum atomic E-state index is -0.446. The zero-order valence-electron chi connectivity index (χ0n) is 17.5. The molecule has 0 amide bonds. The number of hydrogen-bond acceptors (Lipinski definition) is 4. The monoisotopic (exact) mass is 399 g/mol. The summed E-state index contributed by atoms with van der Waals surface area (Å²) < 4.78 is 0. The fourth-order valence-corrected chi connectivity index (χ4v) is 3.75. The van der Waals surface area contributed by atoms with E-state index in [0.717, 1.165) is 27.7 Å². The number of aryl methyl sites for hydroxylation is 1. The van der Waals surface area contributed by atoms with Crippen LogP contribution in [-0.4, -0.2) is 25.9 Å². The highest BCUT2D eigenvalue weighted by molar-refractivity contribution is 5.76. The number of ketones is 1. The molecule has 3 aromatic carbocycles. The number of nitrogens with zero attached hydrogens (tertiary/aromatic N) is 3. The van der Waals surface area contributed by atoms with E-state index in [0.29, 0.717) is 18.5 Å². The maximum atomic E-state index is 11.6. The summed E-state index contributed by atoms with van der Waals surface area (Å²) in [6.45, 7) is 5.77. The summed E-state index contributed by atoms with van der Waals surface area (Å²) in [7, 11) is 0. The molecule has 0 atom stereocenters. The van der Waals surface area contributed by atoms with Gasteiger partial charge < -0.3 is 9.90 Å². The molecule has 0 radical (unpaired) electrons. The van der Waals surface area contributed by atoms with Crippen LogP contribution in [0.5, 0.6) is 5.75 Å². The first kappa shape index (κ1) is 19.8. The first-order valence-corrected chi connectivity index (χ1v) is 10.1. The minimum Gasteiger partial charge on any atom is -0.505 e. The normalized spacial score (nSPS) is 11.7. The van der Waals surface area contributed by atoms with Crippen molar-refractivity contribution in [2.75, 3.05) is 0 Å². The van der Waals surface area contributed by atoms with Gasteiger partial charge in [-0.15, -0.1) is 15.0 Å². The molecule has 0 aliphatic carbocycles. The van der Waals surface area contributed by atoms with Crippen LogP contribution < -0.4 is 0 Å². The fourth-order valence-electron chi connectivity index (χ4n) is 3.75. The second-order valence-electron chi connectivity index (χ2n) is 8.18. The Kier molecular flexibility index (Phi) is 5.12. The Hall–Kier alpha value is -3.47. The second kappa shape index (κ2) is 7.75. The van der Waals surface area contributed by atoms with Crippen molar-refractivity contribution in [3.05, 3.63) is 83.4 Å². The first-order chi connectivity index (χ1) is 14.4. The third-order valence-corrected chi connectivity index (χ3v) is 5.59. The Morgan fingerprint density at radius 1 is 0.967 bits per heavy atom. The van der Waals surface area contributed by atoms with Crippen LogP contribution >= 0.6 is 0 Å². The molecule has 5 nitrogen and oxygen atoms in total. The number of carbonyl (C=O) groups excluding carboxylic acids is 1. The average Bonchev–Trinajstić information content (AvgIpc) is 3.17. The fraction of sp³-hybridized carbons (Fsp3) is 0.240. The van der Waals surface area contributed by atoms with Crippen LogP contribution in [0.1, 0.15) is 43.9 Å². The number of fused-ring (bicyclic) bond motifs is 1. The number of carbonyl (C=O) groups is 1. The van der Waals surface area contributed by atoms with Crippen LogP contribution in [0.3, 0.4) is 0 Å². The zero-order chi connectivity index (χ0) is 21.3. The van der Waals surface area contributed by atoms with Crippen molar-refractivity contribution in [1.29, 1.82) is 0 Å². The van der Waals surface area contributed by atoms with E-state index < -0.39 is 5.41 Å². The molecule has 0 unspecified atom stereocenters. The van der Waals surface area contributed by atoms with E-state index in [1.165, 1.54) is 4.80 Å². The molecular formula is C25H25N3O2. The molecule has 0 fully saturated rings. The van der Waals surface area contributed by atoms with Gasteiger partial charge in [0.2, 0.25) is 0 Å². The highest BCUT2D eigenvalue weighted by Gasteiger charge is 2.29. The van der Waals surface area contributed by atoms with Gasteiger partial charge in [-0.3, -0.25) is 0 Å². The highest BCUT2D eigenvalue weighted by Crippen LogP contribution is 2.40. The SMILES string of the molecule is CC(=O)CCc1cc(-n2nc3ccccc3n2)c(O)c(C(C)(C)c2ccccc2)c1. The molecule has 0 aliphatic rings. The van der Waals surface area contributed by atoms with Crippen LogP contribution in [0, 0.1) is 0 Å². The van der Waals surface area contributed by atoms with Gasteiger partial charge in [0.15, 0.2) is 0 Å². The number of rotatable bonds is 6. The molecule has 30 heavy (non-hydrogen) atoms. The van der Waals surface area contributed by atoms with Crippen molar-refractivity contribution >= 4 is 16.8 Å². The lowest BCUT2D eigenvalue weighted by molar-refractivity contribution is -0.116. The van der Waals surface area contributed by atoms with Gasteiger partial charge in [0.1, 0.15) is 28.3 Å². The van der Waals surface area contributed by atoms with Gasteiger partial charge in [0.25, 0.3) is 0 Å². The van der Waals surface area contributed by atoms with Gasteiger partial charge in [-0.2, -0.15) is 0 Å². The number of phenols is 1. The molecule has 152 valence electrons. The Bertz CT molecular complexity index is 1180. The highest BCUT2D eigenvalue weighted by atomic mass is 16.3. The summed E-state index contributed by atoms with van der Waals surface area (Å²) in [5.41, 5.74) is 4.44. The lowest BCUT2D eigenvalue weighted by Gasteiger charge is -2.28. The van der Waals surface area contributed by atoms with Crippen LogP contribution in [0.2, 0.25) is 0 Å². The quantitative estimate of drug-likeness (QED) is 0.497. The largest absolute Gasteiger partial charge is 0.505 e. The molecule has 1 aromatic heterocycles. The molecule has 0 spiro atoms. The lowest BCUT2D eigenvalue weighted by Crippen LogP contribution is -2.20. The number of aromatic nitrogens is 3. The molecule has 5 heteroatoms. The van der Waals surface area contributed by atoms with E-state index in [-0.39, 0.29) is 11.5 Å². The van der Waals surface area contributed by atoms with Gasteiger partial charge in [0.05, 0.1) is 0 Å². The summed E-state index contributed by atoms with van der Waals surface area (Å²) in [6.07, 6.45) is 1.05. The maximum absolute atomic E-state index is 11.6. The Morgan fingerprint density at radius 2 is 1.57 bits per heavy atom. The lowest BCUT2D eigenvalue weighted by atomic mass is 9.76. The minimum absolute atomic E-state index is 0.136. The maximum Gasteiger partial charge on any atom is 0.147 e. The van der Waals surface area contributed by atoms with Crippen molar-refractivity contribution in [3.63, 3.8) is 0 Å². The molecule has 0 bridgehead atoms. The molecule has 4 rings (SSSR count). The van der Waals surface area contributed by atoms with Crippen molar-refractivity contribution < 1.29 is 9.90 Å². The summed E-state index contributed by atoms with van der Waals surface area (Å²) in [4.78, 5) is 13.1. The Labute approximate surface area is 176 Å². The smallest absolute Gasteiger partial charge is 0.147 e. The van der Waals surface area contributed by atoms with Gasteiger partial charge in [-0.1, -0.05) is 62.4 Å². The molecule has 1 heterocycles. The standard InChI is InChI=1S/C25H25N3O2/c1-17(29)13-14-18-15-20(25(2,3)19-9-5-4-6-10-19)24(30)23(16-18)28-26-21-11-7-8-12-22(21)27-28/h4-12,15-16,30H,13-14H2,1-3H3. The molecule has 0 saturated carbocycles. The summed E-state index contributed by atoms with van der Waals surface area (Å²) >= 11 is 0. The van der Waals surface area contributed by atoms with Gasteiger partial charge in [0, 0.05) is 17.4 Å². The number of Topliss-reactive ketones (excluding diaryl/α,β-unsaturated/α-hetero) is 1. The van der Waals surface area contributed by atoms with Gasteiger partial charge >= 0.3 is 0 Å². The van der Waals surface area contributed by atoms with Crippen molar-refractivity contribution in [3.8, 4) is 11.4 Å². The number of benzene rings is 3. The van der Waals surface area contributed by atoms with E-state index in [1.54, 1.807) is 6.92 Å². The van der Waals surface area contributed by atoms with Crippen molar-refractivity contribution in [2.45, 2.75) is 39.0 Å². The van der Waals surface area contributed by atoms with E-state index >= 15 is 0 Å². The van der Waals surface area contributed by atoms with E-state index in [2.05, 4.69) is 36.2 Å². The number of aromatic hydroxyl groups is 1. The van der Waals surface area contributed by atoms with Crippen molar-refractivity contribution in [2.24, 2.45) is 0 Å². The Balaban J connectivity index is 1.90. The molecule has 0 saturated heterocycles. The van der Waals surface area contributed by atoms with Gasteiger partial charge in [-0.05, 0) is 42.7 Å². The van der Waals surface area contributed by atoms with E-state index in [1.807, 2.05) is 54.6 Å². The van der Waals surface area contributed by atoms with Crippen molar-refractivity contribution in [1.82, 2.24) is 15.0 Å². The summed E-state index contributed by atoms with van der Waals surface area (Å²) in [6, 6.07) is 21.6. The third kappa shape index (κ3) is 3.71. The van der Waals surface area contributed by atoms with Crippen LogP contribution in [0.4, 0.5) is 0 Å². The topological polar surface area (TPSA) is 68.0 Å². The third-order valence-electron chi connectivity index (χ3n) is 5.59.